The molecular weight excluding hydrogens is 349 g/mol. The number of ether oxygens (including phenoxy) is 1. The van der Waals surface area contributed by atoms with Crippen molar-refractivity contribution in [3.8, 4) is 5.75 Å². The molecular formula is C16H29INO-. The molecule has 3 heteroatoms. The van der Waals surface area contributed by atoms with Gasteiger partial charge in [-0.1, -0.05) is 45.4 Å². The average molecular weight is 378 g/mol. The van der Waals surface area contributed by atoms with Crippen LogP contribution in [0, 0.1) is 6.92 Å². The molecule has 0 spiro atoms. The summed E-state index contributed by atoms with van der Waals surface area (Å²) >= 11 is 0. The first-order valence-electron chi connectivity index (χ1n) is 7.18. The zero-order valence-electron chi connectivity index (χ0n) is 13.1. The van der Waals surface area contributed by atoms with E-state index in [2.05, 4.69) is 37.8 Å². The minimum absolute atomic E-state index is 0. The fraction of sp³-hybridized carbons (Fsp3) is 0.625. The fourth-order valence-corrected chi connectivity index (χ4v) is 1.65. The first-order valence-corrected chi connectivity index (χ1v) is 7.18. The maximum absolute atomic E-state index is 5.67. The summed E-state index contributed by atoms with van der Waals surface area (Å²) in [6.45, 7) is 14.7. The Morgan fingerprint density at radius 1 is 1.00 bits per heavy atom. The molecule has 0 bridgehead atoms. The highest BCUT2D eigenvalue weighted by molar-refractivity contribution is 5.26. The maximum atomic E-state index is 5.67. The standard InChI is InChI=1S/C14H23NO.C2H6.HI/c1-4-15(5-2)11-6-12-16-14-9-7-13(3)8-10-14;1-2;/h7-10H,4-6,11-12H2,1-3H3;1-2H3;1H/p-1. The predicted molar refractivity (Wildman–Crippen MR) is 80.4 cm³/mol. The predicted octanol–water partition coefficient (Wildman–Crippen LogP) is 1.14. The lowest BCUT2D eigenvalue weighted by molar-refractivity contribution is -0.00000464. The summed E-state index contributed by atoms with van der Waals surface area (Å²) in [5.41, 5.74) is 1.27. The Balaban J connectivity index is 0. The minimum Gasteiger partial charge on any atom is -1.00 e. The molecule has 0 N–H and O–H groups in total. The molecule has 0 amide bonds. The van der Waals surface area contributed by atoms with Crippen molar-refractivity contribution in [1.82, 2.24) is 4.90 Å². The molecule has 0 saturated carbocycles. The van der Waals surface area contributed by atoms with Gasteiger partial charge in [-0.05, 0) is 38.6 Å². The topological polar surface area (TPSA) is 12.5 Å². The summed E-state index contributed by atoms with van der Waals surface area (Å²) in [6, 6.07) is 8.24. The molecule has 0 fully saturated rings. The molecule has 19 heavy (non-hydrogen) atoms. The van der Waals surface area contributed by atoms with Crippen LogP contribution < -0.4 is 28.7 Å². The van der Waals surface area contributed by atoms with Crippen LogP contribution in [0.15, 0.2) is 24.3 Å². The van der Waals surface area contributed by atoms with E-state index in [0.717, 1.165) is 38.4 Å². The van der Waals surface area contributed by atoms with Gasteiger partial charge in [0.25, 0.3) is 0 Å². The molecule has 0 aliphatic carbocycles. The molecule has 1 aromatic rings. The van der Waals surface area contributed by atoms with Gasteiger partial charge < -0.3 is 33.6 Å². The molecule has 0 aliphatic heterocycles. The van der Waals surface area contributed by atoms with Crippen molar-refractivity contribution in [2.45, 2.75) is 41.0 Å². The second kappa shape index (κ2) is 14.1. The van der Waals surface area contributed by atoms with Crippen LogP contribution in [0.2, 0.25) is 0 Å². The number of aryl methyl sites for hydroxylation is 1. The molecule has 0 radical (unpaired) electrons. The van der Waals surface area contributed by atoms with Crippen LogP contribution in [-0.4, -0.2) is 31.1 Å². The van der Waals surface area contributed by atoms with Crippen molar-refractivity contribution in [2.24, 2.45) is 0 Å². The number of benzene rings is 1. The van der Waals surface area contributed by atoms with Crippen LogP contribution in [0.4, 0.5) is 0 Å². The summed E-state index contributed by atoms with van der Waals surface area (Å²) in [5, 5.41) is 0. The SMILES string of the molecule is CC.CCN(CC)CCCOc1ccc(C)cc1.[I-]. The van der Waals surface area contributed by atoms with Gasteiger partial charge in [0.1, 0.15) is 5.75 Å². The Hall–Kier alpha value is -0.290. The molecule has 0 atom stereocenters. The highest BCUT2D eigenvalue weighted by Crippen LogP contribution is 2.11. The Bertz CT molecular complexity index is 283. The van der Waals surface area contributed by atoms with Crippen molar-refractivity contribution in [1.29, 1.82) is 0 Å². The molecule has 1 rings (SSSR count). The van der Waals surface area contributed by atoms with E-state index in [1.54, 1.807) is 0 Å². The molecule has 2 nitrogen and oxygen atoms in total. The summed E-state index contributed by atoms with van der Waals surface area (Å²) in [5.74, 6) is 0.977. The lowest BCUT2D eigenvalue weighted by atomic mass is 10.2. The lowest BCUT2D eigenvalue weighted by Gasteiger charge is -2.17. The van der Waals surface area contributed by atoms with E-state index in [1.807, 2.05) is 26.0 Å². The van der Waals surface area contributed by atoms with Crippen molar-refractivity contribution >= 4 is 0 Å². The molecule has 0 saturated heterocycles. The van der Waals surface area contributed by atoms with E-state index in [4.69, 9.17) is 4.74 Å². The fourth-order valence-electron chi connectivity index (χ4n) is 1.65. The molecule has 0 heterocycles. The average Bonchev–Trinajstić information content (AvgIpc) is 2.43. The number of halogens is 1. The van der Waals surface area contributed by atoms with Gasteiger partial charge in [-0.15, -0.1) is 0 Å². The maximum Gasteiger partial charge on any atom is 0.119 e. The van der Waals surface area contributed by atoms with E-state index < -0.39 is 0 Å². The largest absolute Gasteiger partial charge is 1.00 e. The second-order valence-corrected chi connectivity index (χ2v) is 4.04. The Labute approximate surface area is 136 Å². The minimum atomic E-state index is 0. The van der Waals surface area contributed by atoms with E-state index in [1.165, 1.54) is 5.56 Å². The van der Waals surface area contributed by atoms with Crippen LogP contribution in [-0.2, 0) is 0 Å². The molecule has 0 unspecified atom stereocenters. The third kappa shape index (κ3) is 10.2. The molecule has 112 valence electrons. The van der Waals surface area contributed by atoms with Crippen molar-refractivity contribution < 1.29 is 28.7 Å². The smallest absolute Gasteiger partial charge is 0.119 e. The summed E-state index contributed by atoms with van der Waals surface area (Å²) < 4.78 is 5.67. The van der Waals surface area contributed by atoms with Gasteiger partial charge >= 0.3 is 0 Å². The second-order valence-electron chi connectivity index (χ2n) is 4.04. The van der Waals surface area contributed by atoms with E-state index in [0.29, 0.717) is 0 Å². The Kier molecular flexibility index (Phi) is 15.6. The zero-order valence-corrected chi connectivity index (χ0v) is 15.2. The van der Waals surface area contributed by atoms with Crippen LogP contribution in [0.3, 0.4) is 0 Å². The van der Waals surface area contributed by atoms with Crippen LogP contribution >= 0.6 is 0 Å². The van der Waals surface area contributed by atoms with Gasteiger partial charge in [0.2, 0.25) is 0 Å². The van der Waals surface area contributed by atoms with Crippen molar-refractivity contribution in [2.75, 3.05) is 26.2 Å². The third-order valence-corrected chi connectivity index (χ3v) is 2.80. The molecule has 1 aromatic carbocycles. The highest BCUT2D eigenvalue weighted by Gasteiger charge is 1.98. The summed E-state index contributed by atoms with van der Waals surface area (Å²) in [7, 11) is 0. The van der Waals surface area contributed by atoms with Gasteiger partial charge in [0.15, 0.2) is 0 Å². The molecule has 0 aliphatic rings. The van der Waals surface area contributed by atoms with Gasteiger partial charge in [0.05, 0.1) is 6.61 Å². The van der Waals surface area contributed by atoms with Crippen LogP contribution in [0.1, 0.15) is 39.7 Å². The van der Waals surface area contributed by atoms with Crippen molar-refractivity contribution in [3.63, 3.8) is 0 Å². The number of rotatable bonds is 7. The zero-order chi connectivity index (χ0) is 13.8. The summed E-state index contributed by atoms with van der Waals surface area (Å²) in [4.78, 5) is 2.42. The van der Waals surface area contributed by atoms with Gasteiger partial charge in [-0.3, -0.25) is 0 Å². The van der Waals surface area contributed by atoms with Crippen molar-refractivity contribution in [3.05, 3.63) is 29.8 Å². The highest BCUT2D eigenvalue weighted by atomic mass is 127. The number of hydrogen-bond acceptors (Lipinski definition) is 2. The van der Waals surface area contributed by atoms with Gasteiger partial charge in [-0.25, -0.2) is 0 Å². The van der Waals surface area contributed by atoms with E-state index >= 15 is 0 Å². The van der Waals surface area contributed by atoms with E-state index in [9.17, 15) is 0 Å². The lowest BCUT2D eigenvalue weighted by Crippen LogP contribution is -3.00. The molecule has 0 aromatic heterocycles. The first-order chi connectivity index (χ1) is 8.76. The number of hydrogen-bond donors (Lipinski definition) is 0. The van der Waals surface area contributed by atoms with Crippen LogP contribution in [0.5, 0.6) is 5.75 Å². The van der Waals surface area contributed by atoms with Gasteiger partial charge in [0, 0.05) is 6.54 Å². The Morgan fingerprint density at radius 2 is 1.53 bits per heavy atom. The summed E-state index contributed by atoms with van der Waals surface area (Å²) in [6.07, 6.45) is 1.09. The quantitative estimate of drug-likeness (QED) is 0.521. The Morgan fingerprint density at radius 3 is 2.00 bits per heavy atom. The van der Waals surface area contributed by atoms with Gasteiger partial charge in [-0.2, -0.15) is 0 Å². The number of nitrogens with zero attached hydrogens (tertiary/aromatic N) is 1. The normalized spacial score (nSPS) is 9.37. The third-order valence-electron chi connectivity index (χ3n) is 2.80. The monoisotopic (exact) mass is 378 g/mol. The first kappa shape index (κ1) is 21.0. The van der Waals surface area contributed by atoms with Crippen LogP contribution in [0.25, 0.3) is 0 Å². The van der Waals surface area contributed by atoms with E-state index in [-0.39, 0.29) is 24.0 Å².